The van der Waals surface area contributed by atoms with Gasteiger partial charge in [0.05, 0.1) is 0 Å². The number of rotatable bonds is 2. The first-order valence-electron chi connectivity index (χ1n) is 5.58. The molecule has 3 heteroatoms. The third kappa shape index (κ3) is 3.82. The van der Waals surface area contributed by atoms with Gasteiger partial charge in [0.1, 0.15) is 0 Å². The first-order chi connectivity index (χ1) is 6.53. The Morgan fingerprint density at radius 3 is 2.43 bits per heavy atom. The summed E-state index contributed by atoms with van der Waals surface area (Å²) in [6, 6.07) is 0.592. The van der Waals surface area contributed by atoms with Gasteiger partial charge < -0.3 is 10.6 Å². The molecular formula is C11H22N2S. The molecule has 1 fully saturated rings. The Morgan fingerprint density at radius 2 is 1.93 bits per heavy atom. The second kappa shape index (κ2) is 4.96. The fourth-order valence-corrected chi connectivity index (χ4v) is 2.25. The summed E-state index contributed by atoms with van der Waals surface area (Å²) in [6.07, 6.45) is 5.11. The molecular weight excluding hydrogens is 192 g/mol. The molecule has 0 aromatic carbocycles. The summed E-state index contributed by atoms with van der Waals surface area (Å²) < 4.78 is 0. The van der Waals surface area contributed by atoms with Crippen LogP contribution in [0.2, 0.25) is 0 Å². The van der Waals surface area contributed by atoms with Crippen LogP contribution in [0.1, 0.15) is 46.5 Å². The highest BCUT2D eigenvalue weighted by atomic mass is 32.1. The molecule has 0 saturated heterocycles. The predicted molar refractivity (Wildman–Crippen MR) is 65.4 cm³/mol. The van der Waals surface area contributed by atoms with E-state index in [-0.39, 0.29) is 0 Å². The number of nitrogens with one attached hydrogen (secondary N) is 2. The molecule has 0 unspecified atom stereocenters. The third-order valence-corrected chi connectivity index (χ3v) is 3.27. The van der Waals surface area contributed by atoms with E-state index >= 15 is 0 Å². The van der Waals surface area contributed by atoms with Gasteiger partial charge in [0.25, 0.3) is 0 Å². The van der Waals surface area contributed by atoms with Gasteiger partial charge in [-0.1, -0.05) is 13.8 Å². The maximum Gasteiger partial charge on any atom is 0.166 e. The van der Waals surface area contributed by atoms with Crippen LogP contribution >= 0.6 is 12.2 Å². The lowest BCUT2D eigenvalue weighted by molar-refractivity contribution is 0.217. The minimum absolute atomic E-state index is 0.540. The third-order valence-electron chi connectivity index (χ3n) is 3.01. The van der Waals surface area contributed by atoms with E-state index in [1.165, 1.54) is 25.7 Å². The molecule has 0 aliphatic heterocycles. The fourth-order valence-electron chi connectivity index (χ4n) is 1.94. The van der Waals surface area contributed by atoms with Crippen molar-refractivity contribution in [1.82, 2.24) is 10.6 Å². The van der Waals surface area contributed by atoms with Gasteiger partial charge in [0.2, 0.25) is 0 Å². The maximum absolute atomic E-state index is 5.17. The molecule has 1 aliphatic rings. The van der Waals surface area contributed by atoms with Crippen molar-refractivity contribution in [2.45, 2.75) is 52.5 Å². The summed E-state index contributed by atoms with van der Waals surface area (Å²) in [6.45, 7) is 7.68. The fraction of sp³-hybridized carbons (Fsp3) is 0.909. The first kappa shape index (κ1) is 11.8. The van der Waals surface area contributed by atoms with Crippen LogP contribution in [0, 0.1) is 5.41 Å². The monoisotopic (exact) mass is 214 g/mol. The van der Waals surface area contributed by atoms with Crippen LogP contribution < -0.4 is 10.6 Å². The lowest BCUT2D eigenvalue weighted by Crippen LogP contribution is -2.44. The van der Waals surface area contributed by atoms with Crippen LogP contribution in [0.25, 0.3) is 0 Å². The van der Waals surface area contributed by atoms with Crippen LogP contribution in [-0.2, 0) is 0 Å². The van der Waals surface area contributed by atoms with E-state index in [1.54, 1.807) is 0 Å². The molecule has 1 aliphatic carbocycles. The quantitative estimate of drug-likeness (QED) is 0.690. The van der Waals surface area contributed by atoms with Crippen molar-refractivity contribution in [3.05, 3.63) is 0 Å². The molecule has 14 heavy (non-hydrogen) atoms. The van der Waals surface area contributed by atoms with Gasteiger partial charge in [0, 0.05) is 12.6 Å². The summed E-state index contributed by atoms with van der Waals surface area (Å²) in [5, 5.41) is 7.33. The second-order valence-corrected chi connectivity index (χ2v) is 5.35. The van der Waals surface area contributed by atoms with Crippen molar-refractivity contribution in [3.63, 3.8) is 0 Å². The highest BCUT2D eigenvalue weighted by molar-refractivity contribution is 7.80. The molecule has 0 aromatic heterocycles. The first-order valence-corrected chi connectivity index (χ1v) is 5.99. The van der Waals surface area contributed by atoms with E-state index in [0.717, 1.165) is 11.7 Å². The zero-order valence-corrected chi connectivity index (χ0v) is 10.3. The van der Waals surface area contributed by atoms with E-state index in [0.29, 0.717) is 11.5 Å². The molecule has 0 amide bonds. The van der Waals surface area contributed by atoms with Crippen molar-refractivity contribution < 1.29 is 0 Å². The number of hydrogen-bond acceptors (Lipinski definition) is 1. The van der Waals surface area contributed by atoms with Gasteiger partial charge in [-0.3, -0.25) is 0 Å². The standard InChI is InChI=1S/C11H22N2S/c1-4-12-10(14)13-9-5-7-11(2,3)8-6-9/h9H,4-8H2,1-3H3,(H2,12,13,14). The maximum atomic E-state index is 5.17. The summed E-state index contributed by atoms with van der Waals surface area (Å²) in [4.78, 5) is 0. The zero-order valence-electron chi connectivity index (χ0n) is 9.52. The van der Waals surface area contributed by atoms with Crippen molar-refractivity contribution in [3.8, 4) is 0 Å². The number of hydrogen-bond donors (Lipinski definition) is 2. The summed E-state index contributed by atoms with van der Waals surface area (Å²) in [5.41, 5.74) is 0.540. The van der Waals surface area contributed by atoms with Crippen LogP contribution in [0.5, 0.6) is 0 Å². The van der Waals surface area contributed by atoms with Crippen molar-refractivity contribution in [2.24, 2.45) is 5.41 Å². The van der Waals surface area contributed by atoms with Crippen molar-refractivity contribution >= 4 is 17.3 Å². The van der Waals surface area contributed by atoms with Crippen LogP contribution in [0.4, 0.5) is 0 Å². The molecule has 82 valence electrons. The van der Waals surface area contributed by atoms with E-state index in [4.69, 9.17) is 12.2 Å². The van der Waals surface area contributed by atoms with E-state index in [2.05, 4.69) is 31.4 Å². The SMILES string of the molecule is CCNC(=S)NC1CCC(C)(C)CC1. The minimum atomic E-state index is 0.540. The molecule has 1 saturated carbocycles. The predicted octanol–water partition coefficient (Wildman–Crippen LogP) is 2.44. The van der Waals surface area contributed by atoms with Crippen LogP contribution in [0.15, 0.2) is 0 Å². The van der Waals surface area contributed by atoms with E-state index < -0.39 is 0 Å². The smallest absolute Gasteiger partial charge is 0.166 e. The molecule has 0 radical (unpaired) electrons. The van der Waals surface area contributed by atoms with E-state index in [1.807, 2.05) is 0 Å². The molecule has 2 N–H and O–H groups in total. The molecule has 0 atom stereocenters. The van der Waals surface area contributed by atoms with Crippen molar-refractivity contribution in [1.29, 1.82) is 0 Å². The molecule has 0 aromatic rings. The summed E-state index contributed by atoms with van der Waals surface area (Å²) in [7, 11) is 0. The van der Waals surface area contributed by atoms with Gasteiger partial charge in [-0.25, -0.2) is 0 Å². The Balaban J connectivity index is 2.25. The van der Waals surface area contributed by atoms with Crippen molar-refractivity contribution in [2.75, 3.05) is 6.54 Å². The zero-order chi connectivity index (χ0) is 10.6. The average molecular weight is 214 g/mol. The van der Waals surface area contributed by atoms with Gasteiger partial charge in [0.15, 0.2) is 5.11 Å². The Kier molecular flexibility index (Phi) is 4.17. The average Bonchev–Trinajstić information content (AvgIpc) is 2.09. The highest BCUT2D eigenvalue weighted by Gasteiger charge is 2.26. The van der Waals surface area contributed by atoms with E-state index in [9.17, 15) is 0 Å². The molecule has 0 bridgehead atoms. The molecule has 1 rings (SSSR count). The normalized spacial score (nSPS) is 21.6. The largest absolute Gasteiger partial charge is 0.363 e. The van der Waals surface area contributed by atoms with Gasteiger partial charge >= 0.3 is 0 Å². The molecule has 2 nitrogen and oxygen atoms in total. The van der Waals surface area contributed by atoms with Crippen LogP contribution in [-0.4, -0.2) is 17.7 Å². The Morgan fingerprint density at radius 1 is 1.36 bits per heavy atom. The lowest BCUT2D eigenvalue weighted by Gasteiger charge is -2.35. The van der Waals surface area contributed by atoms with Gasteiger partial charge in [-0.15, -0.1) is 0 Å². The minimum Gasteiger partial charge on any atom is -0.363 e. The second-order valence-electron chi connectivity index (χ2n) is 4.94. The Labute approximate surface area is 92.8 Å². The van der Waals surface area contributed by atoms with Gasteiger partial charge in [-0.2, -0.15) is 0 Å². The molecule has 0 heterocycles. The molecule has 0 spiro atoms. The Bertz CT molecular complexity index is 191. The van der Waals surface area contributed by atoms with Crippen LogP contribution in [0.3, 0.4) is 0 Å². The number of thiocarbonyl (C=S) groups is 1. The summed E-state index contributed by atoms with van der Waals surface area (Å²) in [5.74, 6) is 0. The van der Waals surface area contributed by atoms with Gasteiger partial charge in [-0.05, 0) is 50.2 Å². The lowest BCUT2D eigenvalue weighted by atomic mass is 9.76. The highest BCUT2D eigenvalue weighted by Crippen LogP contribution is 2.34. The topological polar surface area (TPSA) is 24.1 Å². The summed E-state index contributed by atoms with van der Waals surface area (Å²) >= 11 is 5.17. The Hall–Kier alpha value is -0.310.